The highest BCUT2D eigenvalue weighted by molar-refractivity contribution is 9.11. The van der Waals surface area contributed by atoms with Crippen molar-refractivity contribution in [1.82, 2.24) is 0 Å². The lowest BCUT2D eigenvalue weighted by Gasteiger charge is -2.14. The number of aliphatic imine (C=N–C) groups is 2. The summed E-state index contributed by atoms with van der Waals surface area (Å²) in [4.78, 5) is 7.54. The lowest BCUT2D eigenvalue weighted by atomic mass is 10.2. The largest absolute Gasteiger partial charge is 0.393 e. The molecule has 0 aliphatic carbocycles. The maximum absolute atomic E-state index is 5.54. The number of nitrogens with two attached hydrogens (primary N) is 3. The van der Waals surface area contributed by atoms with E-state index in [9.17, 15) is 0 Å². The molecule has 1 unspecified atom stereocenters. The topological polar surface area (TPSA) is 103 Å². The quantitative estimate of drug-likeness (QED) is 0.465. The van der Waals surface area contributed by atoms with Crippen LogP contribution in [0.2, 0.25) is 0 Å². The minimum Gasteiger partial charge on any atom is -0.393 e. The smallest absolute Gasteiger partial charge is 0.134 e. The van der Waals surface area contributed by atoms with Gasteiger partial charge >= 0.3 is 0 Å². The van der Waals surface area contributed by atoms with Gasteiger partial charge in [-0.3, -0.25) is 0 Å². The van der Waals surface area contributed by atoms with Crippen molar-refractivity contribution in [2.45, 2.75) is 6.17 Å². The number of amidine groups is 1. The van der Waals surface area contributed by atoms with Crippen LogP contribution in [0.5, 0.6) is 0 Å². The number of nitrogens with zero attached hydrogens (tertiary/aromatic N) is 2. The summed E-state index contributed by atoms with van der Waals surface area (Å²) < 4.78 is 0.378. The molecule has 0 radical (unpaired) electrons. The molecule has 1 aliphatic rings. The molecule has 5 nitrogen and oxygen atoms in total. The Morgan fingerprint density at radius 2 is 2.27 bits per heavy atom. The molecule has 0 amide bonds. The zero-order valence-electron chi connectivity index (χ0n) is 5.66. The predicted octanol–water partition coefficient (Wildman–Crippen LogP) is -0.765. The average molecular weight is 218 g/mol. The molecule has 11 heavy (non-hydrogen) atoms. The number of hydrogen-bond donors (Lipinski definition) is 3. The van der Waals surface area contributed by atoms with E-state index in [1.807, 2.05) is 0 Å². The molecule has 0 aromatic carbocycles. The molecular weight excluding hydrogens is 210 g/mol. The van der Waals surface area contributed by atoms with Crippen molar-refractivity contribution in [3.63, 3.8) is 0 Å². The van der Waals surface area contributed by atoms with Crippen molar-refractivity contribution < 1.29 is 0 Å². The molecule has 1 rings (SSSR count). The van der Waals surface area contributed by atoms with E-state index in [0.717, 1.165) is 0 Å². The molecular formula is C5H8BrN5. The first kappa shape index (κ1) is 8.22. The van der Waals surface area contributed by atoms with Gasteiger partial charge in [-0.05, 0) is 15.9 Å². The second-order valence-corrected chi connectivity index (χ2v) is 2.84. The SMILES string of the molecule is NC1=NC=NC(N)C1=C(N)Br. The highest BCUT2D eigenvalue weighted by atomic mass is 79.9. The Balaban J connectivity index is 3.06. The second kappa shape index (κ2) is 3.02. The number of rotatable bonds is 0. The van der Waals surface area contributed by atoms with Gasteiger partial charge in [0, 0.05) is 0 Å². The molecule has 0 aromatic heterocycles. The molecule has 1 heterocycles. The fourth-order valence-corrected chi connectivity index (χ4v) is 1.16. The Morgan fingerprint density at radius 1 is 1.64 bits per heavy atom. The summed E-state index contributed by atoms with van der Waals surface area (Å²) in [6.07, 6.45) is 0.811. The zero-order valence-corrected chi connectivity index (χ0v) is 7.25. The Bertz CT molecular complexity index is 250. The van der Waals surface area contributed by atoms with Crippen LogP contribution in [0.3, 0.4) is 0 Å². The summed E-state index contributed by atoms with van der Waals surface area (Å²) >= 11 is 3.06. The minimum absolute atomic E-state index is 0.307. The van der Waals surface area contributed by atoms with Crippen LogP contribution in [0.25, 0.3) is 0 Å². The summed E-state index contributed by atoms with van der Waals surface area (Å²) in [5, 5.41) is 0. The van der Waals surface area contributed by atoms with Crippen LogP contribution < -0.4 is 17.2 Å². The second-order valence-electron chi connectivity index (χ2n) is 1.99. The van der Waals surface area contributed by atoms with Gasteiger partial charge in [-0.15, -0.1) is 0 Å². The fourth-order valence-electron chi connectivity index (χ4n) is 0.727. The fraction of sp³-hybridized carbons (Fsp3) is 0.200. The van der Waals surface area contributed by atoms with Gasteiger partial charge in [0.05, 0.1) is 10.2 Å². The Hall–Kier alpha value is -0.880. The van der Waals surface area contributed by atoms with Crippen molar-refractivity contribution in [2.24, 2.45) is 27.2 Å². The molecule has 1 atom stereocenters. The van der Waals surface area contributed by atoms with Crippen molar-refractivity contribution in [2.75, 3.05) is 0 Å². The van der Waals surface area contributed by atoms with E-state index in [2.05, 4.69) is 25.9 Å². The lowest BCUT2D eigenvalue weighted by Crippen LogP contribution is -2.34. The molecule has 0 aromatic rings. The Morgan fingerprint density at radius 3 is 2.64 bits per heavy atom. The number of hydrogen-bond acceptors (Lipinski definition) is 5. The van der Waals surface area contributed by atoms with E-state index >= 15 is 0 Å². The molecule has 6 heteroatoms. The predicted molar refractivity (Wildman–Crippen MR) is 48.2 cm³/mol. The first-order valence-corrected chi connectivity index (χ1v) is 3.68. The van der Waals surface area contributed by atoms with E-state index in [4.69, 9.17) is 17.2 Å². The molecule has 0 spiro atoms. The van der Waals surface area contributed by atoms with Gasteiger partial charge in [0.25, 0.3) is 0 Å². The van der Waals surface area contributed by atoms with Crippen LogP contribution in [0.1, 0.15) is 0 Å². The van der Waals surface area contributed by atoms with Gasteiger partial charge in [0.15, 0.2) is 0 Å². The summed E-state index contributed by atoms with van der Waals surface area (Å²) in [5.74, 6) is 0.307. The van der Waals surface area contributed by atoms with E-state index < -0.39 is 6.17 Å². The minimum atomic E-state index is -0.508. The van der Waals surface area contributed by atoms with Crippen LogP contribution in [0, 0.1) is 0 Å². The molecule has 0 saturated carbocycles. The van der Waals surface area contributed by atoms with E-state index in [0.29, 0.717) is 16.0 Å². The van der Waals surface area contributed by atoms with Crippen LogP contribution >= 0.6 is 15.9 Å². The maximum Gasteiger partial charge on any atom is 0.134 e. The summed E-state index contributed by atoms with van der Waals surface area (Å²) in [6, 6.07) is 0. The summed E-state index contributed by atoms with van der Waals surface area (Å²) in [6.45, 7) is 0. The third-order valence-electron chi connectivity index (χ3n) is 1.25. The van der Waals surface area contributed by atoms with E-state index in [1.165, 1.54) is 6.34 Å². The molecule has 0 bridgehead atoms. The zero-order chi connectivity index (χ0) is 8.43. The number of halogens is 1. The third kappa shape index (κ3) is 1.58. The lowest BCUT2D eigenvalue weighted by molar-refractivity contribution is 0.839. The van der Waals surface area contributed by atoms with E-state index in [-0.39, 0.29) is 0 Å². The van der Waals surface area contributed by atoms with Gasteiger partial charge in [-0.25, -0.2) is 9.98 Å². The molecule has 0 fully saturated rings. The Kier molecular flexibility index (Phi) is 2.25. The van der Waals surface area contributed by atoms with Crippen molar-refractivity contribution in [3.8, 4) is 0 Å². The van der Waals surface area contributed by atoms with Gasteiger partial charge in [0.2, 0.25) is 0 Å². The highest BCUT2D eigenvalue weighted by Gasteiger charge is 2.17. The van der Waals surface area contributed by atoms with Crippen molar-refractivity contribution >= 4 is 28.1 Å². The summed E-state index contributed by atoms with van der Waals surface area (Å²) in [5.41, 5.74) is 17.0. The van der Waals surface area contributed by atoms with Crippen molar-refractivity contribution in [1.29, 1.82) is 0 Å². The summed E-state index contributed by atoms with van der Waals surface area (Å²) in [7, 11) is 0. The average Bonchev–Trinajstić information content (AvgIpc) is 1.85. The first-order valence-electron chi connectivity index (χ1n) is 2.89. The van der Waals surface area contributed by atoms with E-state index in [1.54, 1.807) is 0 Å². The van der Waals surface area contributed by atoms with Gasteiger partial charge in [-0.1, -0.05) is 0 Å². The Labute approximate surface area is 72.2 Å². The van der Waals surface area contributed by atoms with Crippen LogP contribution in [-0.4, -0.2) is 18.3 Å². The van der Waals surface area contributed by atoms with Crippen LogP contribution in [-0.2, 0) is 0 Å². The maximum atomic E-state index is 5.54. The molecule has 60 valence electrons. The molecule has 0 saturated heterocycles. The van der Waals surface area contributed by atoms with Gasteiger partial charge < -0.3 is 17.2 Å². The van der Waals surface area contributed by atoms with Gasteiger partial charge in [-0.2, -0.15) is 0 Å². The van der Waals surface area contributed by atoms with Crippen molar-refractivity contribution in [3.05, 3.63) is 10.2 Å². The normalized spacial score (nSPS) is 28.2. The van der Waals surface area contributed by atoms with Crippen LogP contribution in [0.4, 0.5) is 0 Å². The standard InChI is InChI=1S/C5H8BrN5/c6-3(7)2-4(8)10-1-11-5(2)9/h1,4H,7-8H2,(H2,9,10,11). The third-order valence-corrected chi connectivity index (χ3v) is 1.68. The first-order chi connectivity index (χ1) is 5.13. The highest BCUT2D eigenvalue weighted by Crippen LogP contribution is 2.12. The van der Waals surface area contributed by atoms with Crippen LogP contribution in [0.15, 0.2) is 20.2 Å². The molecule has 1 aliphatic heterocycles. The monoisotopic (exact) mass is 217 g/mol. The van der Waals surface area contributed by atoms with Gasteiger partial charge in [0.1, 0.15) is 18.3 Å². The molecule has 6 N–H and O–H groups in total.